The zero-order valence-corrected chi connectivity index (χ0v) is 12.5. The number of hydrogen-bond donors (Lipinski definition) is 1. The van der Waals surface area contributed by atoms with E-state index in [9.17, 15) is 0 Å². The number of nitrogens with one attached hydrogen (secondary N) is 1. The predicted octanol–water partition coefficient (Wildman–Crippen LogP) is 2.98. The maximum absolute atomic E-state index is 5.73. The van der Waals surface area contributed by atoms with Gasteiger partial charge in [-0.05, 0) is 0 Å². The van der Waals surface area contributed by atoms with E-state index in [0.29, 0.717) is 18.2 Å². The van der Waals surface area contributed by atoms with Crippen LogP contribution in [0.1, 0.15) is 64.6 Å². The molecule has 104 valence electrons. The monoisotopic (exact) mass is 262 g/mol. The summed E-state index contributed by atoms with van der Waals surface area (Å²) in [4.78, 5) is 0. The van der Waals surface area contributed by atoms with Crippen LogP contribution >= 0.6 is 0 Å². The zero-order valence-electron chi connectivity index (χ0n) is 12.5. The average molecular weight is 262 g/mol. The van der Waals surface area contributed by atoms with Gasteiger partial charge in [-0.2, -0.15) is 5.10 Å². The molecule has 5 nitrogen and oxygen atoms in total. The van der Waals surface area contributed by atoms with E-state index in [2.05, 4.69) is 61.9 Å². The Labute approximate surface area is 113 Å². The van der Waals surface area contributed by atoms with Crippen LogP contribution in [0.25, 0.3) is 0 Å². The molecule has 0 fully saturated rings. The molecule has 2 heterocycles. The zero-order chi connectivity index (χ0) is 14.3. The van der Waals surface area contributed by atoms with Crippen molar-refractivity contribution in [3.8, 4) is 0 Å². The van der Waals surface area contributed by atoms with Crippen LogP contribution in [0.3, 0.4) is 0 Å². The van der Waals surface area contributed by atoms with Gasteiger partial charge in [0.1, 0.15) is 0 Å². The molecule has 0 spiro atoms. The van der Waals surface area contributed by atoms with E-state index >= 15 is 0 Å². The van der Waals surface area contributed by atoms with E-state index in [-0.39, 0.29) is 10.8 Å². The van der Waals surface area contributed by atoms with Crippen LogP contribution in [0.2, 0.25) is 0 Å². The van der Waals surface area contributed by atoms with Gasteiger partial charge < -0.3 is 4.42 Å². The van der Waals surface area contributed by atoms with Crippen molar-refractivity contribution in [1.29, 1.82) is 0 Å². The molecule has 0 bridgehead atoms. The van der Waals surface area contributed by atoms with E-state index in [1.54, 1.807) is 0 Å². The maximum atomic E-state index is 5.73. The summed E-state index contributed by atoms with van der Waals surface area (Å²) >= 11 is 0. The Balaban J connectivity index is 2.23. The highest BCUT2D eigenvalue weighted by Gasteiger charge is 2.24. The van der Waals surface area contributed by atoms with Crippen molar-refractivity contribution < 1.29 is 4.42 Å². The van der Waals surface area contributed by atoms with Crippen LogP contribution in [0.5, 0.6) is 0 Å². The fraction of sp³-hybridized carbons (Fsp3) is 0.643. The fourth-order valence-corrected chi connectivity index (χ4v) is 1.89. The summed E-state index contributed by atoms with van der Waals surface area (Å²) in [6.45, 7) is 12.6. The minimum Gasteiger partial charge on any atom is -0.424 e. The van der Waals surface area contributed by atoms with Gasteiger partial charge in [0.05, 0.1) is 12.6 Å². The van der Waals surface area contributed by atoms with Gasteiger partial charge in [0.25, 0.3) is 0 Å². The minimum absolute atomic E-state index is 0.0265. The molecule has 0 aromatic carbocycles. The van der Waals surface area contributed by atoms with Gasteiger partial charge >= 0.3 is 0 Å². The van der Waals surface area contributed by atoms with Crippen LogP contribution in [0, 0.1) is 0 Å². The number of H-pyrrole nitrogens is 1. The molecule has 2 aromatic heterocycles. The molecule has 0 saturated carbocycles. The summed E-state index contributed by atoms with van der Waals surface area (Å²) < 4.78 is 5.73. The van der Waals surface area contributed by atoms with Gasteiger partial charge in [0.15, 0.2) is 0 Å². The summed E-state index contributed by atoms with van der Waals surface area (Å²) in [6.07, 6.45) is 2.45. The van der Waals surface area contributed by atoms with Crippen molar-refractivity contribution in [2.45, 2.75) is 58.8 Å². The molecule has 0 aliphatic rings. The van der Waals surface area contributed by atoms with E-state index in [0.717, 1.165) is 11.3 Å². The molecule has 0 radical (unpaired) electrons. The van der Waals surface area contributed by atoms with Crippen LogP contribution in [-0.4, -0.2) is 20.4 Å². The highest BCUT2D eigenvalue weighted by molar-refractivity contribution is 5.25. The molecule has 0 atom stereocenters. The van der Waals surface area contributed by atoms with Crippen molar-refractivity contribution in [3.63, 3.8) is 0 Å². The Hall–Kier alpha value is -1.65. The second-order valence-electron chi connectivity index (χ2n) is 6.95. The van der Waals surface area contributed by atoms with E-state index in [1.165, 1.54) is 0 Å². The highest BCUT2D eigenvalue weighted by atomic mass is 16.4. The van der Waals surface area contributed by atoms with Gasteiger partial charge in [0.2, 0.25) is 11.8 Å². The maximum Gasteiger partial charge on any atom is 0.221 e. The van der Waals surface area contributed by atoms with Crippen LogP contribution in [0.4, 0.5) is 0 Å². The molecular weight excluding hydrogens is 240 g/mol. The largest absolute Gasteiger partial charge is 0.424 e. The normalized spacial score (nSPS) is 12.9. The summed E-state index contributed by atoms with van der Waals surface area (Å²) in [5.74, 6) is 1.31. The van der Waals surface area contributed by atoms with Gasteiger partial charge in [0, 0.05) is 22.1 Å². The molecule has 0 aliphatic carbocycles. The second kappa shape index (κ2) is 4.47. The van der Waals surface area contributed by atoms with Crippen LogP contribution in [0.15, 0.2) is 10.6 Å². The standard InChI is InChI=1S/C14H22N4O/c1-13(2,3)11-9(8-15-17-11)7-10-16-18-12(19-10)14(4,5)6/h8H,7H2,1-6H3,(H,15,17). The lowest BCUT2D eigenvalue weighted by atomic mass is 9.89. The Morgan fingerprint density at radius 1 is 1.05 bits per heavy atom. The van der Waals surface area contributed by atoms with E-state index < -0.39 is 0 Å². The van der Waals surface area contributed by atoms with Gasteiger partial charge in [-0.3, -0.25) is 5.10 Å². The first-order valence-corrected chi connectivity index (χ1v) is 6.53. The lowest BCUT2D eigenvalue weighted by molar-refractivity contribution is 0.374. The first-order valence-electron chi connectivity index (χ1n) is 6.53. The first kappa shape index (κ1) is 13.8. The van der Waals surface area contributed by atoms with Crippen molar-refractivity contribution in [2.75, 3.05) is 0 Å². The van der Waals surface area contributed by atoms with E-state index in [4.69, 9.17) is 4.42 Å². The number of hydrogen-bond acceptors (Lipinski definition) is 4. The number of rotatable bonds is 2. The lowest BCUT2D eigenvalue weighted by Gasteiger charge is -2.17. The second-order valence-corrected chi connectivity index (χ2v) is 6.95. The average Bonchev–Trinajstić information content (AvgIpc) is 2.84. The predicted molar refractivity (Wildman–Crippen MR) is 73.1 cm³/mol. The van der Waals surface area contributed by atoms with Crippen molar-refractivity contribution in [1.82, 2.24) is 20.4 Å². The SMILES string of the molecule is CC(C)(C)c1nnc(Cc2cn[nH]c2C(C)(C)C)o1. The third kappa shape index (κ3) is 3.03. The van der Waals surface area contributed by atoms with Gasteiger partial charge in [-0.25, -0.2) is 0 Å². The third-order valence-corrected chi connectivity index (χ3v) is 2.92. The lowest BCUT2D eigenvalue weighted by Crippen LogP contribution is -2.14. The Morgan fingerprint density at radius 2 is 1.74 bits per heavy atom. The quantitative estimate of drug-likeness (QED) is 0.903. The fourth-order valence-electron chi connectivity index (χ4n) is 1.89. The Bertz CT molecular complexity index is 554. The number of aromatic amines is 1. The molecule has 19 heavy (non-hydrogen) atoms. The third-order valence-electron chi connectivity index (χ3n) is 2.92. The smallest absolute Gasteiger partial charge is 0.221 e. The molecule has 0 amide bonds. The molecule has 1 N–H and O–H groups in total. The summed E-state index contributed by atoms with van der Waals surface area (Å²) in [5, 5.41) is 15.4. The molecule has 0 unspecified atom stereocenters. The molecule has 2 aromatic rings. The summed E-state index contributed by atoms with van der Waals surface area (Å²) in [7, 11) is 0. The topological polar surface area (TPSA) is 67.6 Å². The van der Waals surface area contributed by atoms with Crippen LogP contribution in [-0.2, 0) is 17.3 Å². The molecule has 2 rings (SSSR count). The highest BCUT2D eigenvalue weighted by Crippen LogP contribution is 2.26. The van der Waals surface area contributed by atoms with Gasteiger partial charge in [-0.1, -0.05) is 41.5 Å². The van der Waals surface area contributed by atoms with Crippen molar-refractivity contribution in [3.05, 3.63) is 29.2 Å². The van der Waals surface area contributed by atoms with Gasteiger partial charge in [-0.15, -0.1) is 10.2 Å². The van der Waals surface area contributed by atoms with E-state index in [1.807, 2.05) is 6.20 Å². The van der Waals surface area contributed by atoms with Crippen molar-refractivity contribution >= 4 is 0 Å². The van der Waals surface area contributed by atoms with Crippen LogP contribution < -0.4 is 0 Å². The first-order chi connectivity index (χ1) is 8.68. The number of nitrogens with zero attached hydrogens (tertiary/aromatic N) is 3. The summed E-state index contributed by atoms with van der Waals surface area (Å²) in [5.41, 5.74) is 2.13. The Kier molecular flexibility index (Phi) is 3.24. The molecule has 0 saturated heterocycles. The molecule has 5 heteroatoms. The summed E-state index contributed by atoms with van der Waals surface area (Å²) in [6, 6.07) is 0. The number of aromatic nitrogens is 4. The molecular formula is C14H22N4O. The van der Waals surface area contributed by atoms with Crippen molar-refractivity contribution in [2.24, 2.45) is 0 Å². The minimum atomic E-state index is -0.117. The molecule has 0 aliphatic heterocycles. The Morgan fingerprint density at radius 3 is 2.26 bits per heavy atom.